The molecule has 0 N–H and O–H groups in total. The zero-order valence-electron chi connectivity index (χ0n) is 13.6. The van der Waals surface area contributed by atoms with E-state index in [1.54, 1.807) is 31.2 Å². The largest absolute Gasteiger partial charge is 0.243 e. The molecule has 0 amide bonds. The lowest BCUT2D eigenvalue weighted by molar-refractivity contribution is 0.404. The highest BCUT2D eigenvalue weighted by Gasteiger charge is 2.31. The first-order valence-electron chi connectivity index (χ1n) is 7.82. The summed E-state index contributed by atoms with van der Waals surface area (Å²) in [4.78, 5) is 0.296. The van der Waals surface area contributed by atoms with Crippen LogP contribution in [0.15, 0.2) is 29.2 Å². The molecule has 8 heteroatoms. The van der Waals surface area contributed by atoms with Crippen LogP contribution in [0.2, 0.25) is 0 Å². The molecule has 0 unspecified atom stereocenters. The fourth-order valence-electron chi connectivity index (χ4n) is 2.76. The van der Waals surface area contributed by atoms with Crippen LogP contribution in [-0.2, 0) is 20.0 Å². The Balaban J connectivity index is 2.19. The number of aryl methyl sites for hydroxylation is 1. The predicted octanol–water partition coefficient (Wildman–Crippen LogP) is 1.43. The molecule has 0 saturated carbocycles. The maximum absolute atomic E-state index is 12.8. The molecule has 2 rings (SSSR count). The van der Waals surface area contributed by atoms with Gasteiger partial charge in [-0.3, -0.25) is 0 Å². The van der Waals surface area contributed by atoms with E-state index in [0.717, 1.165) is 0 Å². The van der Waals surface area contributed by atoms with Crippen LogP contribution >= 0.6 is 0 Å². The van der Waals surface area contributed by atoms with Crippen molar-refractivity contribution in [1.29, 1.82) is 0 Å². The second-order valence-electron chi connectivity index (χ2n) is 5.74. The van der Waals surface area contributed by atoms with Gasteiger partial charge < -0.3 is 0 Å². The zero-order chi connectivity index (χ0) is 17.1. The van der Waals surface area contributed by atoms with E-state index in [4.69, 9.17) is 0 Å². The summed E-state index contributed by atoms with van der Waals surface area (Å²) in [5, 5.41) is 0. The van der Waals surface area contributed by atoms with Gasteiger partial charge in [-0.2, -0.15) is 4.31 Å². The molecule has 0 bridgehead atoms. The summed E-state index contributed by atoms with van der Waals surface area (Å²) in [6, 6.07) is 6.87. The molecule has 1 heterocycles. The van der Waals surface area contributed by atoms with Crippen molar-refractivity contribution in [3.8, 4) is 0 Å². The fourth-order valence-corrected chi connectivity index (χ4v) is 6.00. The minimum absolute atomic E-state index is 0.109. The standard InChI is InChI=1S/C15H24N2O4S2/c1-3-13-22(18,19)16-9-6-10-17(12-11-16)23(20,21)15-8-5-4-7-14(15)2/h4-5,7-8H,3,6,9-13H2,1-2H3. The van der Waals surface area contributed by atoms with Gasteiger partial charge in [0.1, 0.15) is 0 Å². The van der Waals surface area contributed by atoms with Gasteiger partial charge in [-0.05, 0) is 31.4 Å². The van der Waals surface area contributed by atoms with Gasteiger partial charge in [0.15, 0.2) is 0 Å². The molecule has 0 radical (unpaired) electrons. The predicted molar refractivity (Wildman–Crippen MR) is 90.2 cm³/mol. The van der Waals surface area contributed by atoms with Crippen molar-refractivity contribution >= 4 is 20.0 Å². The van der Waals surface area contributed by atoms with Gasteiger partial charge in [0.25, 0.3) is 0 Å². The van der Waals surface area contributed by atoms with Crippen LogP contribution in [0.1, 0.15) is 25.3 Å². The SMILES string of the molecule is CCCS(=O)(=O)N1CCCN(S(=O)(=O)c2ccccc2C)CC1. The number of nitrogens with zero attached hydrogens (tertiary/aromatic N) is 2. The topological polar surface area (TPSA) is 74.8 Å². The van der Waals surface area contributed by atoms with E-state index in [2.05, 4.69) is 0 Å². The number of sulfonamides is 2. The maximum atomic E-state index is 12.8. The quantitative estimate of drug-likeness (QED) is 0.796. The van der Waals surface area contributed by atoms with Crippen LogP contribution < -0.4 is 0 Å². The summed E-state index contributed by atoms with van der Waals surface area (Å²) in [7, 11) is -6.87. The van der Waals surface area contributed by atoms with E-state index >= 15 is 0 Å². The van der Waals surface area contributed by atoms with Crippen molar-refractivity contribution < 1.29 is 16.8 Å². The third kappa shape index (κ3) is 4.12. The Morgan fingerprint density at radius 2 is 1.57 bits per heavy atom. The van der Waals surface area contributed by atoms with E-state index in [1.165, 1.54) is 8.61 Å². The average Bonchev–Trinajstić information content (AvgIpc) is 2.74. The van der Waals surface area contributed by atoms with Crippen molar-refractivity contribution in [1.82, 2.24) is 8.61 Å². The Kier molecular flexibility index (Phi) is 5.83. The van der Waals surface area contributed by atoms with E-state index in [1.807, 2.05) is 6.92 Å². The molecule has 1 aliphatic rings. The first-order chi connectivity index (χ1) is 10.8. The molecule has 130 valence electrons. The first-order valence-corrected chi connectivity index (χ1v) is 10.9. The Morgan fingerprint density at radius 1 is 0.957 bits per heavy atom. The van der Waals surface area contributed by atoms with E-state index < -0.39 is 20.0 Å². The Morgan fingerprint density at radius 3 is 2.22 bits per heavy atom. The molecule has 23 heavy (non-hydrogen) atoms. The molecular weight excluding hydrogens is 336 g/mol. The van der Waals surface area contributed by atoms with Gasteiger partial charge in [0, 0.05) is 26.2 Å². The van der Waals surface area contributed by atoms with E-state index in [9.17, 15) is 16.8 Å². The summed E-state index contributed by atoms with van der Waals surface area (Å²) in [5.74, 6) is 0.109. The highest BCUT2D eigenvalue weighted by Crippen LogP contribution is 2.21. The van der Waals surface area contributed by atoms with Gasteiger partial charge in [-0.1, -0.05) is 25.1 Å². The van der Waals surface area contributed by atoms with Gasteiger partial charge in [-0.15, -0.1) is 0 Å². The zero-order valence-corrected chi connectivity index (χ0v) is 15.2. The summed E-state index contributed by atoms with van der Waals surface area (Å²) in [6.45, 7) is 4.72. The van der Waals surface area contributed by atoms with Crippen LogP contribution in [0, 0.1) is 6.92 Å². The number of rotatable bonds is 5. The molecule has 1 saturated heterocycles. The number of hydrogen-bond donors (Lipinski definition) is 0. The lowest BCUT2D eigenvalue weighted by Crippen LogP contribution is -2.38. The monoisotopic (exact) mass is 360 g/mol. The minimum atomic E-state index is -3.59. The van der Waals surface area contributed by atoms with Gasteiger partial charge >= 0.3 is 0 Å². The lowest BCUT2D eigenvalue weighted by atomic mass is 10.2. The fraction of sp³-hybridized carbons (Fsp3) is 0.600. The highest BCUT2D eigenvalue weighted by atomic mass is 32.2. The highest BCUT2D eigenvalue weighted by molar-refractivity contribution is 7.89. The summed E-state index contributed by atoms with van der Waals surface area (Å²) >= 11 is 0. The van der Waals surface area contributed by atoms with E-state index in [0.29, 0.717) is 36.4 Å². The minimum Gasteiger partial charge on any atom is -0.212 e. The van der Waals surface area contributed by atoms with Crippen LogP contribution in [0.3, 0.4) is 0 Å². The normalized spacial score (nSPS) is 18.7. The Hall–Kier alpha value is -0.960. The van der Waals surface area contributed by atoms with Crippen LogP contribution in [0.5, 0.6) is 0 Å². The molecule has 6 nitrogen and oxygen atoms in total. The molecule has 0 aromatic heterocycles. The Labute approximate surface area is 139 Å². The second kappa shape index (κ2) is 7.29. The van der Waals surface area contributed by atoms with Crippen molar-refractivity contribution in [3.05, 3.63) is 29.8 Å². The first kappa shape index (κ1) is 18.4. The molecule has 1 aromatic rings. The number of benzene rings is 1. The van der Waals surface area contributed by atoms with Gasteiger partial charge in [0.05, 0.1) is 10.6 Å². The van der Waals surface area contributed by atoms with Crippen molar-refractivity contribution in [2.45, 2.75) is 31.6 Å². The smallest absolute Gasteiger partial charge is 0.212 e. The van der Waals surface area contributed by atoms with Gasteiger partial charge in [0.2, 0.25) is 20.0 Å². The van der Waals surface area contributed by atoms with Crippen molar-refractivity contribution in [2.24, 2.45) is 0 Å². The average molecular weight is 361 g/mol. The van der Waals surface area contributed by atoms with E-state index in [-0.39, 0.29) is 18.8 Å². The number of hydrogen-bond acceptors (Lipinski definition) is 4. The molecule has 0 spiro atoms. The van der Waals surface area contributed by atoms with Crippen molar-refractivity contribution in [3.63, 3.8) is 0 Å². The van der Waals surface area contributed by atoms with Crippen LogP contribution in [0.4, 0.5) is 0 Å². The molecule has 0 atom stereocenters. The second-order valence-corrected chi connectivity index (χ2v) is 9.73. The third-order valence-electron chi connectivity index (χ3n) is 3.98. The summed E-state index contributed by atoms with van der Waals surface area (Å²) in [6.07, 6.45) is 1.07. The molecule has 1 aliphatic heterocycles. The molecule has 1 aromatic carbocycles. The Bertz CT molecular complexity index is 744. The molecular formula is C15H24N2O4S2. The van der Waals surface area contributed by atoms with Gasteiger partial charge in [-0.25, -0.2) is 21.1 Å². The van der Waals surface area contributed by atoms with Crippen molar-refractivity contribution in [2.75, 3.05) is 31.9 Å². The molecule has 1 fully saturated rings. The van der Waals surface area contributed by atoms with Crippen LogP contribution in [0.25, 0.3) is 0 Å². The lowest BCUT2D eigenvalue weighted by Gasteiger charge is -2.22. The molecule has 0 aliphatic carbocycles. The maximum Gasteiger partial charge on any atom is 0.243 e. The summed E-state index contributed by atoms with van der Waals surface area (Å²) < 4.78 is 52.8. The third-order valence-corrected chi connectivity index (χ3v) is 8.12. The van der Waals surface area contributed by atoms with Crippen LogP contribution in [-0.4, -0.2) is 57.4 Å². The summed E-state index contributed by atoms with van der Waals surface area (Å²) in [5.41, 5.74) is 0.701.